The lowest BCUT2D eigenvalue weighted by atomic mass is 10.0. The van der Waals surface area contributed by atoms with Gasteiger partial charge < -0.3 is 10.2 Å². The van der Waals surface area contributed by atoms with Gasteiger partial charge in [0.15, 0.2) is 0 Å². The van der Waals surface area contributed by atoms with E-state index in [2.05, 4.69) is 50.4 Å². The molecule has 1 aliphatic carbocycles. The van der Waals surface area contributed by atoms with Crippen molar-refractivity contribution in [1.82, 2.24) is 9.88 Å². The number of pyridine rings is 1. The molecule has 0 unspecified atom stereocenters. The largest absolute Gasteiger partial charge is 0.378 e. The second-order valence-corrected chi connectivity index (χ2v) is 8.44. The molecular formula is C25H26N4O. The highest BCUT2D eigenvalue weighted by Gasteiger charge is 2.33. The molecule has 1 N–H and O–H groups in total. The van der Waals surface area contributed by atoms with Gasteiger partial charge in [-0.15, -0.1) is 0 Å². The molecule has 152 valence electrons. The fourth-order valence-electron chi connectivity index (χ4n) is 4.13. The number of nitrogens with one attached hydrogen (secondary N) is 1. The lowest BCUT2D eigenvalue weighted by Gasteiger charge is -2.14. The summed E-state index contributed by atoms with van der Waals surface area (Å²) in [5, 5.41) is 3.13. The van der Waals surface area contributed by atoms with E-state index in [1.165, 1.54) is 24.0 Å². The Morgan fingerprint density at radius 1 is 1.03 bits per heavy atom. The number of hydrogen-bond donors (Lipinski definition) is 1. The van der Waals surface area contributed by atoms with Gasteiger partial charge in [0.05, 0.1) is 5.56 Å². The number of hydrogen-bond acceptors (Lipinski definition) is 4. The predicted octanol–water partition coefficient (Wildman–Crippen LogP) is 4.54. The molecule has 0 spiro atoms. The molecular weight excluding hydrogens is 372 g/mol. The highest BCUT2D eigenvalue weighted by Crippen LogP contribution is 2.37. The average Bonchev–Trinajstić information content (AvgIpc) is 3.52. The third-order valence-electron chi connectivity index (χ3n) is 6.04. The summed E-state index contributed by atoms with van der Waals surface area (Å²) >= 11 is 0. The Morgan fingerprint density at radius 3 is 2.57 bits per heavy atom. The van der Waals surface area contributed by atoms with Crippen molar-refractivity contribution < 1.29 is 4.79 Å². The van der Waals surface area contributed by atoms with Gasteiger partial charge in [-0.1, -0.05) is 24.3 Å². The fourth-order valence-corrected chi connectivity index (χ4v) is 4.13. The van der Waals surface area contributed by atoms with Gasteiger partial charge in [-0.25, -0.2) is 0 Å². The number of amides is 1. The molecule has 3 aromatic rings. The van der Waals surface area contributed by atoms with E-state index in [-0.39, 0.29) is 5.91 Å². The fraction of sp³-hybridized carbons (Fsp3) is 0.280. The summed E-state index contributed by atoms with van der Waals surface area (Å²) in [6.07, 6.45) is 6.02. The Kier molecular flexibility index (Phi) is 4.75. The number of benzene rings is 2. The minimum Gasteiger partial charge on any atom is -0.378 e. The van der Waals surface area contributed by atoms with E-state index in [4.69, 9.17) is 0 Å². The third kappa shape index (κ3) is 3.68. The van der Waals surface area contributed by atoms with Gasteiger partial charge in [0.25, 0.3) is 5.91 Å². The normalized spacial score (nSPS) is 15.7. The van der Waals surface area contributed by atoms with Gasteiger partial charge in [0.1, 0.15) is 0 Å². The average molecular weight is 399 g/mol. The molecule has 1 amide bonds. The summed E-state index contributed by atoms with van der Waals surface area (Å²) in [5.41, 5.74) is 7.18. The summed E-state index contributed by atoms with van der Waals surface area (Å²) in [6.45, 7) is 1.91. The van der Waals surface area contributed by atoms with Gasteiger partial charge in [-0.3, -0.25) is 14.7 Å². The first-order valence-electron chi connectivity index (χ1n) is 10.5. The van der Waals surface area contributed by atoms with E-state index in [0.717, 1.165) is 41.6 Å². The van der Waals surface area contributed by atoms with E-state index in [9.17, 15) is 4.79 Å². The Hall–Kier alpha value is -3.18. The number of carbonyl (C=O) groups excluding carboxylic acids is 1. The van der Waals surface area contributed by atoms with E-state index in [1.807, 2.05) is 32.3 Å². The van der Waals surface area contributed by atoms with Crippen molar-refractivity contribution in [3.8, 4) is 11.1 Å². The molecule has 0 saturated heterocycles. The van der Waals surface area contributed by atoms with Crippen LogP contribution in [0.2, 0.25) is 0 Å². The molecule has 2 heterocycles. The maximum atomic E-state index is 13.0. The maximum Gasteiger partial charge on any atom is 0.257 e. The van der Waals surface area contributed by atoms with Crippen LogP contribution in [-0.4, -0.2) is 35.9 Å². The number of carbonyl (C=O) groups is 1. The Balaban J connectivity index is 1.35. The van der Waals surface area contributed by atoms with Crippen LogP contribution in [-0.2, 0) is 13.1 Å². The van der Waals surface area contributed by atoms with Crippen molar-refractivity contribution in [1.29, 1.82) is 0 Å². The van der Waals surface area contributed by atoms with E-state index in [0.29, 0.717) is 5.56 Å². The minimum absolute atomic E-state index is 0.118. The summed E-state index contributed by atoms with van der Waals surface area (Å²) in [7, 11) is 4.04. The van der Waals surface area contributed by atoms with Crippen LogP contribution in [0.25, 0.3) is 11.1 Å². The first-order valence-corrected chi connectivity index (χ1v) is 10.5. The van der Waals surface area contributed by atoms with Crippen molar-refractivity contribution in [2.24, 2.45) is 0 Å². The SMILES string of the molecule is CN(C)c1ccc(-c2cncc(C(=O)Nc3cccc4c3CN(C3CC3)C4)c2)cc1. The first-order chi connectivity index (χ1) is 14.6. The summed E-state index contributed by atoms with van der Waals surface area (Å²) in [4.78, 5) is 21.9. The van der Waals surface area contributed by atoms with Crippen LogP contribution in [0, 0.1) is 0 Å². The highest BCUT2D eigenvalue weighted by molar-refractivity contribution is 6.05. The first kappa shape index (κ1) is 18.8. The number of aromatic nitrogens is 1. The Bertz CT molecular complexity index is 1090. The van der Waals surface area contributed by atoms with Crippen molar-refractivity contribution in [3.05, 3.63) is 77.6 Å². The molecule has 1 fully saturated rings. The molecule has 2 aliphatic rings. The van der Waals surface area contributed by atoms with E-state index < -0.39 is 0 Å². The molecule has 5 rings (SSSR count). The molecule has 1 aliphatic heterocycles. The second kappa shape index (κ2) is 7.58. The topological polar surface area (TPSA) is 48.5 Å². The second-order valence-electron chi connectivity index (χ2n) is 8.44. The van der Waals surface area contributed by atoms with Crippen molar-refractivity contribution in [3.63, 3.8) is 0 Å². The van der Waals surface area contributed by atoms with Crippen molar-refractivity contribution >= 4 is 17.3 Å². The molecule has 0 bridgehead atoms. The summed E-state index contributed by atoms with van der Waals surface area (Å²) < 4.78 is 0. The molecule has 0 radical (unpaired) electrons. The lowest BCUT2D eigenvalue weighted by molar-refractivity contribution is 0.102. The van der Waals surface area contributed by atoms with Crippen molar-refractivity contribution in [2.45, 2.75) is 32.0 Å². The van der Waals surface area contributed by atoms with Crippen LogP contribution in [0.1, 0.15) is 34.3 Å². The molecule has 30 heavy (non-hydrogen) atoms. The lowest BCUT2D eigenvalue weighted by Crippen LogP contribution is -2.19. The quantitative estimate of drug-likeness (QED) is 0.685. The van der Waals surface area contributed by atoms with Gasteiger partial charge in [0, 0.05) is 62.6 Å². The Morgan fingerprint density at radius 2 is 1.83 bits per heavy atom. The number of anilines is 2. The molecule has 2 aromatic carbocycles. The van der Waals surface area contributed by atoms with Gasteiger partial charge >= 0.3 is 0 Å². The van der Waals surface area contributed by atoms with Crippen LogP contribution in [0.15, 0.2) is 60.9 Å². The van der Waals surface area contributed by atoms with Gasteiger partial charge in [0.2, 0.25) is 0 Å². The molecule has 1 saturated carbocycles. The van der Waals surface area contributed by atoms with Gasteiger partial charge in [-0.2, -0.15) is 0 Å². The zero-order chi connectivity index (χ0) is 20.7. The maximum absolute atomic E-state index is 13.0. The van der Waals surface area contributed by atoms with Crippen LogP contribution >= 0.6 is 0 Å². The minimum atomic E-state index is -0.118. The standard InChI is InChI=1S/C25H26N4O/c1-28(2)21-8-6-17(7-9-21)19-12-20(14-26-13-19)25(30)27-24-5-3-4-18-15-29(16-23(18)24)22-10-11-22/h3-9,12-14,22H,10-11,15-16H2,1-2H3,(H,27,30). The molecule has 5 nitrogen and oxygen atoms in total. The Labute approximate surface area is 177 Å². The third-order valence-corrected chi connectivity index (χ3v) is 6.04. The zero-order valence-electron chi connectivity index (χ0n) is 17.4. The number of rotatable bonds is 5. The van der Waals surface area contributed by atoms with Crippen LogP contribution in [0.5, 0.6) is 0 Å². The van der Waals surface area contributed by atoms with Crippen molar-refractivity contribution in [2.75, 3.05) is 24.3 Å². The monoisotopic (exact) mass is 398 g/mol. The van der Waals surface area contributed by atoms with Crippen LogP contribution in [0.4, 0.5) is 11.4 Å². The summed E-state index contributed by atoms with van der Waals surface area (Å²) in [6, 6.07) is 17.1. The number of nitrogens with zero attached hydrogens (tertiary/aromatic N) is 3. The number of fused-ring (bicyclic) bond motifs is 1. The molecule has 0 atom stereocenters. The summed E-state index contributed by atoms with van der Waals surface area (Å²) in [5.74, 6) is -0.118. The predicted molar refractivity (Wildman–Crippen MR) is 121 cm³/mol. The molecule has 1 aromatic heterocycles. The van der Waals surface area contributed by atoms with Gasteiger partial charge in [-0.05, 0) is 53.8 Å². The van der Waals surface area contributed by atoms with E-state index in [1.54, 1.807) is 12.4 Å². The van der Waals surface area contributed by atoms with E-state index >= 15 is 0 Å². The molecule has 5 heteroatoms. The van der Waals surface area contributed by atoms with Crippen LogP contribution in [0.3, 0.4) is 0 Å². The highest BCUT2D eigenvalue weighted by atomic mass is 16.1. The smallest absolute Gasteiger partial charge is 0.257 e. The zero-order valence-corrected chi connectivity index (χ0v) is 17.4. The van der Waals surface area contributed by atoms with Crippen LogP contribution < -0.4 is 10.2 Å².